The standard InChI is InChI=1S/C12H17F2NO/c1-7-5-6-9(12(3,13)14)11(16-4)10(7)8(2)15/h5-6,8H,15H2,1-4H3. The topological polar surface area (TPSA) is 35.2 Å². The molecule has 16 heavy (non-hydrogen) atoms. The fraction of sp³-hybridized carbons (Fsp3) is 0.500. The number of benzene rings is 1. The van der Waals surface area contributed by atoms with Crippen LogP contribution in [0.15, 0.2) is 12.1 Å². The van der Waals surface area contributed by atoms with Crippen molar-refractivity contribution < 1.29 is 13.5 Å². The molecular formula is C12H17F2NO. The Morgan fingerprint density at radius 3 is 2.31 bits per heavy atom. The normalized spacial score (nSPS) is 13.7. The molecule has 2 N–H and O–H groups in total. The van der Waals surface area contributed by atoms with Crippen molar-refractivity contribution in [2.24, 2.45) is 5.73 Å². The Morgan fingerprint density at radius 1 is 1.38 bits per heavy atom. The SMILES string of the molecule is COc1c(C(C)(F)F)ccc(C)c1C(C)N. The molecule has 2 nitrogen and oxygen atoms in total. The molecule has 0 aliphatic heterocycles. The molecule has 0 radical (unpaired) electrons. The van der Waals surface area contributed by atoms with Crippen molar-refractivity contribution in [2.75, 3.05) is 7.11 Å². The quantitative estimate of drug-likeness (QED) is 0.864. The average Bonchev–Trinajstić information content (AvgIpc) is 2.14. The molecule has 1 rings (SSSR count). The summed E-state index contributed by atoms with van der Waals surface area (Å²) in [5.41, 5.74) is 7.16. The fourth-order valence-electron chi connectivity index (χ4n) is 1.83. The van der Waals surface area contributed by atoms with Crippen molar-refractivity contribution in [1.29, 1.82) is 0 Å². The molecule has 1 aromatic rings. The van der Waals surface area contributed by atoms with Gasteiger partial charge in [-0.3, -0.25) is 0 Å². The molecule has 0 aromatic heterocycles. The zero-order chi connectivity index (χ0) is 12.5. The number of hydrogen-bond acceptors (Lipinski definition) is 2. The van der Waals surface area contributed by atoms with Crippen LogP contribution in [0.25, 0.3) is 0 Å². The highest BCUT2D eigenvalue weighted by atomic mass is 19.3. The van der Waals surface area contributed by atoms with Crippen LogP contribution in [0, 0.1) is 6.92 Å². The van der Waals surface area contributed by atoms with E-state index in [1.807, 2.05) is 6.92 Å². The Balaban J connectivity index is 3.49. The lowest BCUT2D eigenvalue weighted by Crippen LogP contribution is -2.15. The minimum atomic E-state index is -2.93. The number of hydrogen-bond donors (Lipinski definition) is 1. The smallest absolute Gasteiger partial charge is 0.274 e. The fourth-order valence-corrected chi connectivity index (χ4v) is 1.83. The molecule has 0 fully saturated rings. The summed E-state index contributed by atoms with van der Waals surface area (Å²) in [7, 11) is 1.38. The number of alkyl halides is 2. The summed E-state index contributed by atoms with van der Waals surface area (Å²) in [6.07, 6.45) is 0. The second kappa shape index (κ2) is 4.37. The van der Waals surface area contributed by atoms with Crippen LogP contribution < -0.4 is 10.5 Å². The molecule has 1 atom stereocenters. The average molecular weight is 229 g/mol. The summed E-state index contributed by atoms with van der Waals surface area (Å²) in [6.45, 7) is 4.44. The maximum atomic E-state index is 13.4. The van der Waals surface area contributed by atoms with E-state index < -0.39 is 5.92 Å². The Labute approximate surface area is 94.4 Å². The monoisotopic (exact) mass is 229 g/mol. The first kappa shape index (κ1) is 12.9. The third kappa shape index (κ3) is 2.32. The number of rotatable bonds is 3. The van der Waals surface area contributed by atoms with Crippen LogP contribution in [0.4, 0.5) is 8.78 Å². The van der Waals surface area contributed by atoms with Crippen LogP contribution in [-0.2, 0) is 5.92 Å². The zero-order valence-corrected chi connectivity index (χ0v) is 9.97. The van der Waals surface area contributed by atoms with Gasteiger partial charge in [0.15, 0.2) is 0 Å². The van der Waals surface area contributed by atoms with Crippen LogP contribution in [0.3, 0.4) is 0 Å². The highest BCUT2D eigenvalue weighted by molar-refractivity contribution is 5.49. The van der Waals surface area contributed by atoms with E-state index in [1.165, 1.54) is 13.2 Å². The van der Waals surface area contributed by atoms with Crippen LogP contribution in [0.2, 0.25) is 0 Å². The van der Waals surface area contributed by atoms with E-state index in [4.69, 9.17) is 10.5 Å². The van der Waals surface area contributed by atoms with E-state index in [-0.39, 0.29) is 17.4 Å². The van der Waals surface area contributed by atoms with Gasteiger partial charge < -0.3 is 10.5 Å². The predicted molar refractivity (Wildman–Crippen MR) is 59.9 cm³/mol. The van der Waals surface area contributed by atoms with E-state index in [0.717, 1.165) is 12.5 Å². The second-order valence-electron chi connectivity index (χ2n) is 4.05. The first-order valence-corrected chi connectivity index (χ1v) is 5.10. The highest BCUT2D eigenvalue weighted by Gasteiger charge is 2.30. The maximum absolute atomic E-state index is 13.4. The number of halogens is 2. The summed E-state index contributed by atoms with van der Waals surface area (Å²) < 4.78 is 31.8. The van der Waals surface area contributed by atoms with Gasteiger partial charge in [-0.15, -0.1) is 0 Å². The van der Waals surface area contributed by atoms with Crippen LogP contribution in [-0.4, -0.2) is 7.11 Å². The van der Waals surface area contributed by atoms with Gasteiger partial charge in [-0.2, -0.15) is 0 Å². The largest absolute Gasteiger partial charge is 0.496 e. The van der Waals surface area contributed by atoms with Gasteiger partial charge in [0.1, 0.15) is 5.75 Å². The van der Waals surface area contributed by atoms with Crippen molar-refractivity contribution in [2.45, 2.75) is 32.7 Å². The maximum Gasteiger partial charge on any atom is 0.274 e. The predicted octanol–water partition coefficient (Wildman–Crippen LogP) is 3.14. The molecule has 0 aliphatic rings. The zero-order valence-electron chi connectivity index (χ0n) is 9.97. The van der Waals surface area contributed by atoms with E-state index >= 15 is 0 Å². The Hall–Kier alpha value is -1.16. The van der Waals surface area contributed by atoms with Crippen molar-refractivity contribution in [1.82, 2.24) is 0 Å². The third-order valence-electron chi connectivity index (χ3n) is 2.55. The molecule has 0 saturated carbocycles. The highest BCUT2D eigenvalue weighted by Crippen LogP contribution is 2.39. The molecular weight excluding hydrogens is 212 g/mol. The van der Waals surface area contributed by atoms with Crippen LogP contribution in [0.5, 0.6) is 5.75 Å². The number of ether oxygens (including phenoxy) is 1. The molecule has 0 amide bonds. The Morgan fingerprint density at radius 2 is 1.94 bits per heavy atom. The molecule has 4 heteroatoms. The van der Waals surface area contributed by atoms with Crippen molar-refractivity contribution >= 4 is 0 Å². The molecule has 1 aromatic carbocycles. The molecule has 90 valence electrons. The number of nitrogens with two attached hydrogens (primary N) is 1. The Kier molecular flexibility index (Phi) is 3.53. The third-order valence-corrected chi connectivity index (χ3v) is 2.55. The van der Waals surface area contributed by atoms with Gasteiger partial charge in [0, 0.05) is 18.5 Å². The van der Waals surface area contributed by atoms with Crippen molar-refractivity contribution in [3.63, 3.8) is 0 Å². The summed E-state index contributed by atoms with van der Waals surface area (Å²) in [6, 6.07) is 2.70. The summed E-state index contributed by atoms with van der Waals surface area (Å²) in [5.74, 6) is -2.73. The molecule has 0 spiro atoms. The van der Waals surface area contributed by atoms with Crippen molar-refractivity contribution in [3.8, 4) is 5.75 Å². The molecule has 1 unspecified atom stereocenters. The molecule has 0 heterocycles. The van der Waals surface area contributed by atoms with Gasteiger partial charge in [0.05, 0.1) is 12.7 Å². The first-order chi connectivity index (χ1) is 7.29. The minimum absolute atomic E-state index is 0.118. The lowest BCUT2D eigenvalue weighted by Gasteiger charge is -2.21. The molecule has 0 bridgehead atoms. The van der Waals surface area contributed by atoms with Crippen molar-refractivity contribution in [3.05, 3.63) is 28.8 Å². The second-order valence-corrected chi connectivity index (χ2v) is 4.05. The van der Waals surface area contributed by atoms with E-state index in [1.54, 1.807) is 13.0 Å². The van der Waals surface area contributed by atoms with Gasteiger partial charge in [-0.1, -0.05) is 6.07 Å². The minimum Gasteiger partial charge on any atom is -0.496 e. The van der Waals surface area contributed by atoms with Crippen LogP contribution in [0.1, 0.15) is 36.6 Å². The number of aryl methyl sites for hydroxylation is 1. The van der Waals surface area contributed by atoms with E-state index in [9.17, 15) is 8.78 Å². The lowest BCUT2D eigenvalue weighted by atomic mass is 9.96. The molecule has 0 aliphatic carbocycles. The summed E-state index contributed by atoms with van der Waals surface area (Å²) in [4.78, 5) is 0. The van der Waals surface area contributed by atoms with E-state index in [0.29, 0.717) is 5.56 Å². The van der Waals surface area contributed by atoms with E-state index in [2.05, 4.69) is 0 Å². The van der Waals surface area contributed by atoms with Crippen LogP contribution >= 0.6 is 0 Å². The van der Waals surface area contributed by atoms with Gasteiger partial charge in [-0.25, -0.2) is 8.78 Å². The Bertz CT molecular complexity index is 383. The van der Waals surface area contributed by atoms with Gasteiger partial charge in [0.2, 0.25) is 0 Å². The summed E-state index contributed by atoms with van der Waals surface area (Å²) >= 11 is 0. The molecule has 0 saturated heterocycles. The number of methoxy groups -OCH3 is 1. The summed E-state index contributed by atoms with van der Waals surface area (Å²) in [5, 5.41) is 0. The first-order valence-electron chi connectivity index (χ1n) is 5.10. The van der Waals surface area contributed by atoms with Gasteiger partial charge >= 0.3 is 0 Å². The lowest BCUT2D eigenvalue weighted by molar-refractivity contribution is 0.0149. The van der Waals surface area contributed by atoms with Gasteiger partial charge in [-0.05, 0) is 25.5 Å². The van der Waals surface area contributed by atoms with Gasteiger partial charge in [0.25, 0.3) is 5.92 Å².